The first-order valence-electron chi connectivity index (χ1n) is 9.17. The highest BCUT2D eigenvalue weighted by Crippen LogP contribution is 2.25. The third-order valence-corrected chi connectivity index (χ3v) is 4.72. The van der Waals surface area contributed by atoms with Crippen LogP contribution in [0.1, 0.15) is 30.1 Å². The Morgan fingerprint density at radius 2 is 2.07 bits per heavy atom. The van der Waals surface area contributed by atoms with E-state index in [1.165, 1.54) is 0 Å². The molecule has 0 N–H and O–H groups in total. The van der Waals surface area contributed by atoms with E-state index in [4.69, 9.17) is 9.47 Å². The van der Waals surface area contributed by atoms with Crippen molar-refractivity contribution in [2.24, 2.45) is 5.92 Å². The zero-order valence-corrected chi connectivity index (χ0v) is 15.7. The topological polar surface area (TPSA) is 68.7 Å². The SMILES string of the molecule is CCOC(=O)C1CCCN(C(=O)c2cncc(-c3cccc(OC)c3)c2)C1. The van der Waals surface area contributed by atoms with Crippen molar-refractivity contribution in [1.29, 1.82) is 0 Å². The predicted octanol–water partition coefficient (Wildman–Crippen LogP) is 3.17. The molecule has 0 bridgehead atoms. The van der Waals surface area contributed by atoms with Crippen LogP contribution >= 0.6 is 0 Å². The summed E-state index contributed by atoms with van der Waals surface area (Å²) in [5.74, 6) is 0.161. The van der Waals surface area contributed by atoms with E-state index in [-0.39, 0.29) is 17.8 Å². The van der Waals surface area contributed by atoms with Crippen LogP contribution in [0.25, 0.3) is 11.1 Å². The highest BCUT2D eigenvalue weighted by molar-refractivity contribution is 5.95. The van der Waals surface area contributed by atoms with Crippen molar-refractivity contribution < 1.29 is 19.1 Å². The van der Waals surface area contributed by atoms with Crippen LogP contribution in [0.5, 0.6) is 5.75 Å². The van der Waals surface area contributed by atoms with Gasteiger partial charge in [0.1, 0.15) is 5.75 Å². The summed E-state index contributed by atoms with van der Waals surface area (Å²) >= 11 is 0. The number of rotatable bonds is 5. The number of pyridine rings is 1. The van der Waals surface area contributed by atoms with E-state index in [1.807, 2.05) is 30.3 Å². The molecule has 2 aromatic rings. The minimum absolute atomic E-state index is 0.110. The van der Waals surface area contributed by atoms with Gasteiger partial charge in [0.2, 0.25) is 0 Å². The summed E-state index contributed by atoms with van der Waals surface area (Å²) in [7, 11) is 1.62. The summed E-state index contributed by atoms with van der Waals surface area (Å²) in [6, 6.07) is 9.46. The summed E-state index contributed by atoms with van der Waals surface area (Å²) in [5.41, 5.74) is 2.29. The van der Waals surface area contributed by atoms with E-state index < -0.39 is 0 Å². The maximum atomic E-state index is 12.9. The summed E-state index contributed by atoms with van der Waals surface area (Å²) in [6.45, 7) is 3.17. The lowest BCUT2D eigenvalue weighted by Gasteiger charge is -2.31. The lowest BCUT2D eigenvalue weighted by molar-refractivity contribution is -0.149. The Bertz CT molecular complexity index is 821. The number of carbonyl (C=O) groups excluding carboxylic acids is 2. The van der Waals surface area contributed by atoms with Crippen molar-refractivity contribution in [2.45, 2.75) is 19.8 Å². The van der Waals surface area contributed by atoms with Crippen LogP contribution in [0.3, 0.4) is 0 Å². The number of carbonyl (C=O) groups is 2. The summed E-state index contributed by atoms with van der Waals surface area (Å²) in [5, 5.41) is 0. The Kier molecular flexibility index (Phi) is 6.06. The van der Waals surface area contributed by atoms with Crippen LogP contribution in [0.15, 0.2) is 42.7 Å². The van der Waals surface area contributed by atoms with Gasteiger partial charge in [-0.2, -0.15) is 0 Å². The molecule has 3 rings (SSSR count). The Morgan fingerprint density at radius 1 is 1.22 bits per heavy atom. The molecule has 27 heavy (non-hydrogen) atoms. The van der Waals surface area contributed by atoms with Crippen LogP contribution in [0.2, 0.25) is 0 Å². The quantitative estimate of drug-likeness (QED) is 0.758. The lowest BCUT2D eigenvalue weighted by atomic mass is 9.97. The van der Waals surface area contributed by atoms with Gasteiger partial charge in [-0.3, -0.25) is 14.6 Å². The Hall–Kier alpha value is -2.89. The smallest absolute Gasteiger partial charge is 0.310 e. The van der Waals surface area contributed by atoms with Gasteiger partial charge in [-0.05, 0) is 43.5 Å². The molecular weight excluding hydrogens is 344 g/mol. The largest absolute Gasteiger partial charge is 0.497 e. The second kappa shape index (κ2) is 8.66. The van der Waals surface area contributed by atoms with Gasteiger partial charge in [0.15, 0.2) is 0 Å². The molecule has 1 aromatic carbocycles. The van der Waals surface area contributed by atoms with Gasteiger partial charge in [-0.15, -0.1) is 0 Å². The Balaban J connectivity index is 1.78. The molecule has 6 heteroatoms. The Morgan fingerprint density at radius 3 is 2.85 bits per heavy atom. The number of esters is 1. The first kappa shape index (κ1) is 18.9. The van der Waals surface area contributed by atoms with Crippen LogP contribution in [0, 0.1) is 5.92 Å². The average Bonchev–Trinajstić information content (AvgIpc) is 2.73. The molecule has 1 aliphatic heterocycles. The molecule has 1 amide bonds. The zero-order chi connectivity index (χ0) is 19.2. The number of hydrogen-bond acceptors (Lipinski definition) is 5. The van der Waals surface area contributed by atoms with Crippen molar-refractivity contribution in [2.75, 3.05) is 26.8 Å². The van der Waals surface area contributed by atoms with E-state index in [0.717, 1.165) is 29.7 Å². The summed E-state index contributed by atoms with van der Waals surface area (Å²) in [6.07, 6.45) is 4.84. The minimum atomic E-state index is -0.253. The van der Waals surface area contributed by atoms with Crippen molar-refractivity contribution in [3.8, 4) is 16.9 Å². The number of amides is 1. The molecule has 142 valence electrons. The number of hydrogen-bond donors (Lipinski definition) is 0. The van der Waals surface area contributed by atoms with Gasteiger partial charge >= 0.3 is 5.97 Å². The number of piperidine rings is 1. The van der Waals surface area contributed by atoms with E-state index in [1.54, 1.807) is 31.3 Å². The maximum Gasteiger partial charge on any atom is 0.310 e. The van der Waals surface area contributed by atoms with Gasteiger partial charge in [0.25, 0.3) is 5.91 Å². The number of nitrogens with zero attached hydrogens (tertiary/aromatic N) is 2. The molecule has 1 aliphatic rings. The molecule has 0 radical (unpaired) electrons. The van der Waals surface area contributed by atoms with E-state index in [9.17, 15) is 9.59 Å². The fraction of sp³-hybridized carbons (Fsp3) is 0.381. The molecular formula is C21H24N2O4. The Labute approximate surface area is 159 Å². The number of likely N-dealkylation sites (tertiary alicyclic amines) is 1. The van der Waals surface area contributed by atoms with Crippen molar-refractivity contribution in [3.05, 3.63) is 48.3 Å². The molecule has 1 atom stereocenters. The van der Waals surface area contributed by atoms with E-state index in [0.29, 0.717) is 25.3 Å². The highest BCUT2D eigenvalue weighted by atomic mass is 16.5. The monoisotopic (exact) mass is 368 g/mol. The molecule has 6 nitrogen and oxygen atoms in total. The van der Waals surface area contributed by atoms with Crippen LogP contribution in [0.4, 0.5) is 0 Å². The molecule has 1 saturated heterocycles. The molecule has 0 spiro atoms. The summed E-state index contributed by atoms with van der Waals surface area (Å²) < 4.78 is 10.4. The first-order chi connectivity index (χ1) is 13.1. The minimum Gasteiger partial charge on any atom is -0.497 e. The van der Waals surface area contributed by atoms with Gasteiger partial charge in [-0.1, -0.05) is 12.1 Å². The fourth-order valence-electron chi connectivity index (χ4n) is 3.31. The standard InChI is InChI=1S/C21H24N2O4/c1-3-27-21(25)16-7-5-9-23(14-16)20(24)18-10-17(12-22-13-18)15-6-4-8-19(11-15)26-2/h4,6,8,10-13,16H,3,5,7,9,14H2,1-2H3. The number of aromatic nitrogens is 1. The van der Waals surface area contributed by atoms with Crippen LogP contribution < -0.4 is 4.74 Å². The summed E-state index contributed by atoms with van der Waals surface area (Å²) in [4.78, 5) is 30.9. The molecule has 1 unspecified atom stereocenters. The fourth-order valence-corrected chi connectivity index (χ4v) is 3.31. The van der Waals surface area contributed by atoms with Crippen molar-refractivity contribution >= 4 is 11.9 Å². The van der Waals surface area contributed by atoms with Gasteiger partial charge in [-0.25, -0.2) is 0 Å². The predicted molar refractivity (Wildman–Crippen MR) is 101 cm³/mol. The van der Waals surface area contributed by atoms with Crippen molar-refractivity contribution in [3.63, 3.8) is 0 Å². The highest BCUT2D eigenvalue weighted by Gasteiger charge is 2.30. The van der Waals surface area contributed by atoms with E-state index in [2.05, 4.69) is 4.98 Å². The average molecular weight is 368 g/mol. The second-order valence-electron chi connectivity index (χ2n) is 6.54. The van der Waals surface area contributed by atoms with Gasteiger partial charge in [0.05, 0.1) is 25.2 Å². The molecule has 1 fully saturated rings. The van der Waals surface area contributed by atoms with Gasteiger partial charge < -0.3 is 14.4 Å². The van der Waals surface area contributed by atoms with Crippen LogP contribution in [-0.2, 0) is 9.53 Å². The van der Waals surface area contributed by atoms with Crippen molar-refractivity contribution in [1.82, 2.24) is 9.88 Å². The second-order valence-corrected chi connectivity index (χ2v) is 6.54. The molecule has 2 heterocycles. The molecule has 1 aromatic heterocycles. The first-order valence-corrected chi connectivity index (χ1v) is 9.17. The third kappa shape index (κ3) is 4.45. The number of ether oxygens (including phenoxy) is 2. The molecule has 0 saturated carbocycles. The molecule has 0 aliphatic carbocycles. The maximum absolute atomic E-state index is 12.9. The third-order valence-electron chi connectivity index (χ3n) is 4.72. The van der Waals surface area contributed by atoms with E-state index >= 15 is 0 Å². The zero-order valence-electron chi connectivity index (χ0n) is 15.7. The lowest BCUT2D eigenvalue weighted by Crippen LogP contribution is -2.42. The number of benzene rings is 1. The van der Waals surface area contributed by atoms with Gasteiger partial charge in [0, 0.05) is 31.0 Å². The van der Waals surface area contributed by atoms with Crippen LogP contribution in [-0.4, -0.2) is 48.6 Å². The number of methoxy groups -OCH3 is 1. The normalized spacial score (nSPS) is 16.7.